The Kier molecular flexibility index (Phi) is 7.73. The van der Waals surface area contributed by atoms with Crippen LogP contribution in [0.1, 0.15) is 27.0 Å². The SMILES string of the molecule is Nc1c(C(=O)c2ccccc2F)ccc(=O)n1-c1c(F)cc(CN[C@@H](Cc2ccccc2)C(=O)O)cc1F. The number of carbonyl (C=O) groups excluding carboxylic acids is 1. The highest BCUT2D eigenvalue weighted by Gasteiger charge is 2.23. The molecule has 10 heteroatoms. The van der Waals surface area contributed by atoms with Crippen LogP contribution in [0.25, 0.3) is 5.69 Å². The summed E-state index contributed by atoms with van der Waals surface area (Å²) in [6.45, 7) is -0.186. The van der Waals surface area contributed by atoms with Gasteiger partial charge in [0, 0.05) is 12.6 Å². The van der Waals surface area contributed by atoms with Crippen molar-refractivity contribution in [2.45, 2.75) is 19.0 Å². The largest absolute Gasteiger partial charge is 0.480 e. The number of benzene rings is 3. The van der Waals surface area contributed by atoms with E-state index in [9.17, 15) is 23.9 Å². The van der Waals surface area contributed by atoms with Gasteiger partial charge < -0.3 is 16.2 Å². The smallest absolute Gasteiger partial charge is 0.321 e. The zero-order valence-electron chi connectivity index (χ0n) is 19.8. The quantitative estimate of drug-likeness (QED) is 0.288. The summed E-state index contributed by atoms with van der Waals surface area (Å²) in [4.78, 5) is 37.1. The van der Waals surface area contributed by atoms with Crippen LogP contribution in [-0.2, 0) is 17.8 Å². The number of nitrogens with zero attached hydrogens (tertiary/aromatic N) is 1. The second-order valence-corrected chi connectivity index (χ2v) is 8.48. The van der Waals surface area contributed by atoms with E-state index in [1.807, 2.05) is 0 Å². The minimum absolute atomic E-state index is 0.0771. The van der Waals surface area contributed by atoms with Crippen molar-refractivity contribution in [3.8, 4) is 5.69 Å². The summed E-state index contributed by atoms with van der Waals surface area (Å²) in [6, 6.07) is 16.8. The van der Waals surface area contributed by atoms with Gasteiger partial charge in [-0.05, 0) is 47.9 Å². The Morgan fingerprint density at radius 3 is 2.11 bits per heavy atom. The van der Waals surface area contributed by atoms with Gasteiger partial charge in [0.05, 0.1) is 11.1 Å². The maximum Gasteiger partial charge on any atom is 0.321 e. The first-order chi connectivity index (χ1) is 18.2. The van der Waals surface area contributed by atoms with Crippen LogP contribution in [0, 0.1) is 17.5 Å². The molecule has 4 N–H and O–H groups in total. The van der Waals surface area contributed by atoms with Crippen LogP contribution in [0.2, 0.25) is 0 Å². The molecule has 0 radical (unpaired) electrons. The van der Waals surface area contributed by atoms with Crippen LogP contribution in [-0.4, -0.2) is 27.5 Å². The van der Waals surface area contributed by atoms with Gasteiger partial charge in [0.15, 0.2) is 17.4 Å². The van der Waals surface area contributed by atoms with Crippen molar-refractivity contribution in [3.05, 3.63) is 129 Å². The van der Waals surface area contributed by atoms with Crippen molar-refractivity contribution < 1.29 is 27.9 Å². The van der Waals surface area contributed by atoms with Gasteiger partial charge in [0.2, 0.25) is 0 Å². The Morgan fingerprint density at radius 2 is 1.47 bits per heavy atom. The number of carbonyl (C=O) groups is 2. The number of hydrogen-bond acceptors (Lipinski definition) is 5. The third kappa shape index (κ3) is 5.50. The fourth-order valence-corrected chi connectivity index (χ4v) is 4.04. The van der Waals surface area contributed by atoms with Crippen LogP contribution >= 0.6 is 0 Å². The average Bonchev–Trinajstić information content (AvgIpc) is 2.88. The second-order valence-electron chi connectivity index (χ2n) is 8.48. The maximum atomic E-state index is 15.2. The van der Waals surface area contributed by atoms with Gasteiger partial charge in [-0.25, -0.2) is 13.2 Å². The number of nitrogens with one attached hydrogen (secondary N) is 1. The number of rotatable bonds is 9. The van der Waals surface area contributed by atoms with Gasteiger partial charge in [-0.1, -0.05) is 42.5 Å². The third-order valence-electron chi connectivity index (χ3n) is 5.93. The first kappa shape index (κ1) is 26.4. The van der Waals surface area contributed by atoms with Gasteiger partial charge in [-0.2, -0.15) is 0 Å². The van der Waals surface area contributed by atoms with Gasteiger partial charge in [0.1, 0.15) is 23.4 Å². The van der Waals surface area contributed by atoms with E-state index in [4.69, 9.17) is 5.73 Å². The van der Waals surface area contributed by atoms with Crippen molar-refractivity contribution >= 4 is 17.6 Å². The molecule has 0 aliphatic rings. The molecule has 3 aromatic carbocycles. The zero-order chi connectivity index (χ0) is 27.4. The molecule has 7 nitrogen and oxygen atoms in total. The summed E-state index contributed by atoms with van der Waals surface area (Å²) in [5.41, 5.74) is 4.46. The van der Waals surface area contributed by atoms with E-state index >= 15 is 8.78 Å². The lowest BCUT2D eigenvalue weighted by Crippen LogP contribution is -2.38. The van der Waals surface area contributed by atoms with E-state index in [2.05, 4.69) is 5.32 Å². The molecule has 0 saturated carbocycles. The second kappa shape index (κ2) is 11.1. The number of ketones is 1. The molecule has 38 heavy (non-hydrogen) atoms. The molecule has 194 valence electrons. The average molecular weight is 521 g/mol. The molecule has 4 rings (SSSR count). The minimum atomic E-state index is -1.17. The van der Waals surface area contributed by atoms with Crippen molar-refractivity contribution in [1.29, 1.82) is 0 Å². The molecule has 1 aromatic heterocycles. The predicted octanol–water partition coefficient (Wildman–Crippen LogP) is 3.85. The van der Waals surface area contributed by atoms with Crippen LogP contribution in [0.4, 0.5) is 19.0 Å². The molecule has 0 saturated heterocycles. The molecule has 0 aliphatic heterocycles. The summed E-state index contributed by atoms with van der Waals surface area (Å²) < 4.78 is 45.0. The lowest BCUT2D eigenvalue weighted by atomic mass is 10.0. The number of anilines is 1. The van der Waals surface area contributed by atoms with Crippen LogP contribution in [0.15, 0.2) is 83.7 Å². The van der Waals surface area contributed by atoms with Gasteiger partial charge in [0.25, 0.3) is 5.56 Å². The number of nitrogens with two attached hydrogens (primary N) is 1. The fourth-order valence-electron chi connectivity index (χ4n) is 4.04. The Bertz CT molecular complexity index is 1550. The first-order valence-electron chi connectivity index (χ1n) is 11.5. The molecular formula is C28H22F3N3O4. The van der Waals surface area contributed by atoms with Crippen LogP contribution in [0.3, 0.4) is 0 Å². The summed E-state index contributed by atoms with van der Waals surface area (Å²) in [5, 5.41) is 12.3. The summed E-state index contributed by atoms with van der Waals surface area (Å²) in [5.74, 6) is -5.72. The lowest BCUT2D eigenvalue weighted by Gasteiger charge is -2.17. The van der Waals surface area contributed by atoms with Crippen LogP contribution < -0.4 is 16.6 Å². The van der Waals surface area contributed by atoms with E-state index < -0.39 is 52.3 Å². The molecule has 0 amide bonds. The molecule has 1 atom stereocenters. The van der Waals surface area contributed by atoms with Crippen molar-refractivity contribution in [2.24, 2.45) is 0 Å². The summed E-state index contributed by atoms with van der Waals surface area (Å²) in [6.07, 6.45) is 0.147. The molecule has 0 spiro atoms. The Balaban J connectivity index is 1.64. The number of nitrogen functional groups attached to an aromatic ring is 1. The first-order valence-corrected chi connectivity index (χ1v) is 11.5. The highest BCUT2D eigenvalue weighted by atomic mass is 19.1. The Morgan fingerprint density at radius 1 is 0.842 bits per heavy atom. The molecular weight excluding hydrogens is 499 g/mol. The predicted molar refractivity (Wildman–Crippen MR) is 135 cm³/mol. The zero-order valence-corrected chi connectivity index (χ0v) is 19.8. The van der Waals surface area contributed by atoms with Crippen molar-refractivity contribution in [2.75, 3.05) is 5.73 Å². The van der Waals surface area contributed by atoms with Crippen molar-refractivity contribution in [3.63, 3.8) is 0 Å². The minimum Gasteiger partial charge on any atom is -0.480 e. The highest BCUT2D eigenvalue weighted by molar-refractivity contribution is 6.11. The monoisotopic (exact) mass is 521 g/mol. The third-order valence-corrected chi connectivity index (χ3v) is 5.93. The highest BCUT2D eigenvalue weighted by Crippen LogP contribution is 2.25. The number of carboxylic acids is 1. The molecule has 0 bridgehead atoms. The topological polar surface area (TPSA) is 114 Å². The van der Waals surface area contributed by atoms with E-state index in [1.54, 1.807) is 30.3 Å². The van der Waals surface area contributed by atoms with Gasteiger partial charge >= 0.3 is 5.97 Å². The van der Waals surface area contributed by atoms with Gasteiger partial charge in [-0.3, -0.25) is 19.0 Å². The summed E-state index contributed by atoms with van der Waals surface area (Å²) in [7, 11) is 0. The number of aliphatic carboxylic acids is 1. The molecule has 0 fully saturated rings. The van der Waals surface area contributed by atoms with E-state index in [1.165, 1.54) is 18.2 Å². The normalized spacial score (nSPS) is 11.8. The standard InChI is InChI=1S/C28H22F3N3O4/c29-20-9-5-4-8-18(20)26(36)19-10-11-24(35)34(27(19)32)25-21(30)12-17(13-22(25)31)15-33-23(28(37)38)14-16-6-2-1-3-7-16/h1-13,23,33H,14-15,32H2,(H,37,38)/t23-/m0/s1. The lowest BCUT2D eigenvalue weighted by molar-refractivity contribution is -0.139. The maximum absolute atomic E-state index is 15.2. The number of pyridine rings is 1. The number of aromatic nitrogens is 1. The Hall–Kier alpha value is -4.70. The van der Waals surface area contributed by atoms with Crippen molar-refractivity contribution in [1.82, 2.24) is 9.88 Å². The Labute approximate surface area is 215 Å². The molecule has 4 aromatic rings. The van der Waals surface area contributed by atoms with E-state index in [-0.39, 0.29) is 29.7 Å². The molecule has 0 unspecified atom stereocenters. The van der Waals surface area contributed by atoms with Gasteiger partial charge in [-0.15, -0.1) is 0 Å². The molecule has 0 aliphatic carbocycles. The van der Waals surface area contributed by atoms with E-state index in [0.29, 0.717) is 4.57 Å². The molecule has 1 heterocycles. The van der Waals surface area contributed by atoms with Crippen LogP contribution in [0.5, 0.6) is 0 Å². The summed E-state index contributed by atoms with van der Waals surface area (Å²) >= 11 is 0. The number of carboxylic acid groups (broad SMARTS) is 1. The number of halogens is 3. The van der Waals surface area contributed by atoms with E-state index in [0.717, 1.165) is 35.9 Å². The fraction of sp³-hybridized carbons (Fsp3) is 0.107. The number of hydrogen-bond donors (Lipinski definition) is 3.